The van der Waals surface area contributed by atoms with E-state index in [1.165, 1.54) is 10.4 Å². The topological polar surface area (TPSA) is 106 Å². The number of nitrogens with zero attached hydrogens (tertiary/aromatic N) is 2. The maximum Gasteiger partial charge on any atom is 0.247 e. The second-order valence-corrected chi connectivity index (χ2v) is 11.1. The number of carbonyl (C=O) groups is 1. The number of methoxy groups -OCH3 is 1. The molecule has 1 aromatic carbocycles. The highest BCUT2D eigenvalue weighted by atomic mass is 32.2. The summed E-state index contributed by atoms with van der Waals surface area (Å²) < 4.78 is 45.1. The van der Waals surface area contributed by atoms with Crippen molar-refractivity contribution in [1.29, 1.82) is 0 Å². The third-order valence-electron chi connectivity index (χ3n) is 6.52. The lowest BCUT2D eigenvalue weighted by molar-refractivity contribution is -0.138. The highest BCUT2D eigenvalue weighted by Gasteiger charge is 2.38. The number of hydrogen-bond donors (Lipinski definition) is 1. The molecular weight excluding hydrogens is 472 g/mol. The van der Waals surface area contributed by atoms with Crippen molar-refractivity contribution in [2.45, 2.75) is 43.7 Å². The van der Waals surface area contributed by atoms with Gasteiger partial charge in [-0.05, 0) is 38.0 Å². The second kappa shape index (κ2) is 12.2. The zero-order valence-corrected chi connectivity index (χ0v) is 21.7. The molecule has 2 aliphatic rings. The molecule has 0 aromatic heterocycles. The van der Waals surface area contributed by atoms with Crippen molar-refractivity contribution in [3.63, 3.8) is 0 Å². The molecule has 0 aliphatic carbocycles. The first-order valence-corrected chi connectivity index (χ1v) is 13.4. The fourth-order valence-corrected chi connectivity index (χ4v) is 6.17. The van der Waals surface area contributed by atoms with Crippen LogP contribution in [0.4, 0.5) is 0 Å². The molecule has 3 atom stereocenters. The van der Waals surface area contributed by atoms with E-state index in [4.69, 9.17) is 14.2 Å². The first-order chi connectivity index (χ1) is 16.7. The van der Waals surface area contributed by atoms with Gasteiger partial charge in [-0.1, -0.05) is 18.8 Å². The van der Waals surface area contributed by atoms with Crippen LogP contribution in [0, 0.1) is 23.7 Å². The third-order valence-corrected chi connectivity index (χ3v) is 8.54. The van der Waals surface area contributed by atoms with Crippen LogP contribution in [0.2, 0.25) is 0 Å². The number of sulfonamides is 1. The smallest absolute Gasteiger partial charge is 0.247 e. The number of amides is 1. The van der Waals surface area contributed by atoms with Gasteiger partial charge in [-0.25, -0.2) is 8.42 Å². The quantitative estimate of drug-likeness (QED) is 0.578. The monoisotopic (exact) mass is 508 g/mol. The summed E-state index contributed by atoms with van der Waals surface area (Å²) in [5.41, 5.74) is 0.594. The highest BCUT2D eigenvalue weighted by molar-refractivity contribution is 7.89. The van der Waals surface area contributed by atoms with Crippen molar-refractivity contribution < 1.29 is 32.5 Å². The lowest BCUT2D eigenvalue weighted by Gasteiger charge is -2.38. The molecule has 1 N–H and O–H groups in total. The second-order valence-electron chi connectivity index (χ2n) is 9.24. The van der Waals surface area contributed by atoms with Crippen LogP contribution in [-0.4, -0.2) is 94.5 Å². The van der Waals surface area contributed by atoms with Crippen molar-refractivity contribution in [2.75, 3.05) is 53.7 Å². The first-order valence-electron chi connectivity index (χ1n) is 11.9. The van der Waals surface area contributed by atoms with Crippen LogP contribution in [0.1, 0.15) is 32.3 Å². The van der Waals surface area contributed by atoms with E-state index in [9.17, 15) is 18.3 Å². The minimum Gasteiger partial charge on any atom is -0.487 e. The predicted octanol–water partition coefficient (Wildman–Crippen LogP) is 1.34. The SMILES string of the molecule is COCC#Cc1ccc2c(c1)O[C@@H](CN(C)C(=O)C1CCOCC1)[C@H](C)CN([C@H](C)CO)S2(=O)=O. The van der Waals surface area contributed by atoms with Gasteiger partial charge in [0.1, 0.15) is 23.4 Å². The zero-order chi connectivity index (χ0) is 25.6. The van der Waals surface area contributed by atoms with Crippen molar-refractivity contribution in [2.24, 2.45) is 11.8 Å². The molecule has 9 nitrogen and oxygen atoms in total. The number of aliphatic hydroxyl groups is 1. The Balaban J connectivity index is 1.96. The Morgan fingerprint density at radius 2 is 2.06 bits per heavy atom. The number of benzene rings is 1. The molecule has 0 bridgehead atoms. The van der Waals surface area contributed by atoms with Crippen molar-refractivity contribution in [1.82, 2.24) is 9.21 Å². The van der Waals surface area contributed by atoms with Gasteiger partial charge in [0.15, 0.2) is 0 Å². The number of aliphatic hydroxyl groups excluding tert-OH is 1. The van der Waals surface area contributed by atoms with Crippen LogP contribution >= 0.6 is 0 Å². The van der Waals surface area contributed by atoms with Crippen LogP contribution in [0.5, 0.6) is 5.75 Å². The third kappa shape index (κ3) is 6.54. The molecule has 2 aliphatic heterocycles. The average Bonchev–Trinajstić information content (AvgIpc) is 2.85. The summed E-state index contributed by atoms with van der Waals surface area (Å²) in [5, 5.41) is 9.78. The summed E-state index contributed by atoms with van der Waals surface area (Å²) in [5.74, 6) is 5.71. The standard InChI is InChI=1S/C25H36N2O7S/c1-18-15-27(19(2)17-28)35(30,31)24-8-7-20(6-5-11-32-4)14-22(24)34-23(18)16-26(3)25(29)21-9-12-33-13-10-21/h7-8,14,18-19,21,23,28H,9-13,15-17H2,1-4H3/t18-,19-,23+/m1/s1. The van der Waals surface area contributed by atoms with Crippen LogP contribution < -0.4 is 4.74 Å². The van der Waals surface area contributed by atoms with Gasteiger partial charge in [0.05, 0.1) is 13.2 Å². The van der Waals surface area contributed by atoms with E-state index in [1.807, 2.05) is 6.92 Å². The van der Waals surface area contributed by atoms with Gasteiger partial charge in [0.2, 0.25) is 15.9 Å². The van der Waals surface area contributed by atoms with Crippen molar-refractivity contribution in [3.8, 4) is 17.6 Å². The van der Waals surface area contributed by atoms with E-state index in [0.717, 1.165) is 0 Å². The van der Waals surface area contributed by atoms with E-state index in [0.29, 0.717) is 38.2 Å². The molecule has 1 amide bonds. The lowest BCUT2D eigenvalue weighted by Crippen LogP contribution is -2.50. The van der Waals surface area contributed by atoms with E-state index < -0.39 is 22.2 Å². The number of fused-ring (bicyclic) bond motifs is 1. The molecule has 3 rings (SSSR count). The van der Waals surface area contributed by atoms with Crippen LogP contribution in [0.25, 0.3) is 0 Å². The maximum absolute atomic E-state index is 13.5. The number of carbonyl (C=O) groups excluding carboxylic acids is 1. The van der Waals surface area contributed by atoms with Gasteiger partial charge in [0.25, 0.3) is 0 Å². The van der Waals surface area contributed by atoms with E-state index in [1.54, 1.807) is 38.1 Å². The van der Waals surface area contributed by atoms with Crippen molar-refractivity contribution >= 4 is 15.9 Å². The molecular formula is C25H36N2O7S. The summed E-state index contributed by atoms with van der Waals surface area (Å²) >= 11 is 0. The predicted molar refractivity (Wildman–Crippen MR) is 130 cm³/mol. The summed E-state index contributed by atoms with van der Waals surface area (Å²) in [6, 6.07) is 4.12. The molecule has 35 heavy (non-hydrogen) atoms. The summed E-state index contributed by atoms with van der Waals surface area (Å²) in [6.07, 6.45) is 0.918. The largest absolute Gasteiger partial charge is 0.487 e. The van der Waals surface area contributed by atoms with Gasteiger partial charge < -0.3 is 24.2 Å². The van der Waals surface area contributed by atoms with Crippen molar-refractivity contribution in [3.05, 3.63) is 23.8 Å². The minimum atomic E-state index is -3.93. The first kappa shape index (κ1) is 27.4. The van der Waals surface area contributed by atoms with Crippen LogP contribution in [0.3, 0.4) is 0 Å². The van der Waals surface area contributed by atoms with Gasteiger partial charge >= 0.3 is 0 Å². The van der Waals surface area contributed by atoms with Gasteiger partial charge in [0, 0.05) is 57.4 Å². The maximum atomic E-state index is 13.5. The average molecular weight is 509 g/mol. The van der Waals surface area contributed by atoms with Crippen LogP contribution in [-0.2, 0) is 24.3 Å². The Kier molecular flexibility index (Phi) is 9.55. The molecule has 0 unspecified atom stereocenters. The Morgan fingerprint density at radius 3 is 2.71 bits per heavy atom. The molecule has 10 heteroatoms. The summed E-state index contributed by atoms with van der Waals surface area (Å²) in [7, 11) is -0.631. The minimum absolute atomic E-state index is 0.0189. The van der Waals surface area contributed by atoms with E-state index in [2.05, 4.69) is 11.8 Å². The Morgan fingerprint density at radius 1 is 1.34 bits per heavy atom. The fraction of sp³-hybridized carbons (Fsp3) is 0.640. The van der Waals surface area contributed by atoms with E-state index in [-0.39, 0.29) is 48.1 Å². The van der Waals surface area contributed by atoms with E-state index >= 15 is 0 Å². The Hall–Kier alpha value is -2.16. The molecule has 1 saturated heterocycles. The Labute approximate surface area is 208 Å². The van der Waals surface area contributed by atoms with Gasteiger partial charge in [-0.2, -0.15) is 4.31 Å². The normalized spacial score (nSPS) is 23.6. The lowest BCUT2D eigenvalue weighted by atomic mass is 9.97. The molecule has 194 valence electrons. The van der Waals surface area contributed by atoms with Crippen LogP contribution in [0.15, 0.2) is 23.1 Å². The molecule has 1 aromatic rings. The molecule has 2 heterocycles. The zero-order valence-electron chi connectivity index (χ0n) is 20.9. The number of hydrogen-bond acceptors (Lipinski definition) is 7. The number of rotatable bonds is 6. The summed E-state index contributed by atoms with van der Waals surface area (Å²) in [6.45, 7) is 5.12. The molecule has 0 spiro atoms. The van der Waals surface area contributed by atoms with Gasteiger partial charge in [-0.3, -0.25) is 4.79 Å². The molecule has 0 radical (unpaired) electrons. The number of likely N-dealkylation sites (N-methyl/N-ethyl adjacent to an activating group) is 1. The highest BCUT2D eigenvalue weighted by Crippen LogP contribution is 2.34. The molecule has 1 fully saturated rings. The van der Waals surface area contributed by atoms with Gasteiger partial charge in [-0.15, -0.1) is 0 Å². The fourth-order valence-electron chi connectivity index (χ4n) is 4.35. The summed E-state index contributed by atoms with van der Waals surface area (Å²) in [4.78, 5) is 14.7. The molecule has 0 saturated carbocycles. The Bertz CT molecular complexity index is 1040. The number of ether oxygens (including phenoxy) is 3.